The van der Waals surface area contributed by atoms with Gasteiger partial charge in [0.2, 0.25) is 10.0 Å². The van der Waals surface area contributed by atoms with Gasteiger partial charge < -0.3 is 15.2 Å². The number of hydrogen-bond acceptors (Lipinski definition) is 7. The second kappa shape index (κ2) is 8.52. The molecule has 2 unspecified atom stereocenters. The van der Waals surface area contributed by atoms with Gasteiger partial charge in [-0.15, -0.1) is 0 Å². The molecule has 0 saturated carbocycles. The Kier molecular flexibility index (Phi) is 6.47. The standard InChI is InChI=1S/C17H24ClN3O6S/c18-13-3-1-2-4-14(13)27-12-6-9-21(10-7-12)28(25,26)15-5-8-19-11-17(15,23)16(22)20-24/h1-4,12,15,19,23-24H,5-11H2,(H,20,22). The Bertz CT molecular complexity index is 815. The van der Waals surface area contributed by atoms with Crippen molar-refractivity contribution in [2.45, 2.75) is 36.2 Å². The van der Waals surface area contributed by atoms with Gasteiger partial charge in [0.1, 0.15) is 17.1 Å². The molecule has 1 aromatic rings. The highest BCUT2D eigenvalue weighted by Crippen LogP contribution is 2.31. The first kappa shape index (κ1) is 21.3. The molecule has 1 amide bonds. The Morgan fingerprint density at radius 3 is 2.61 bits per heavy atom. The van der Waals surface area contributed by atoms with Gasteiger partial charge in [-0.3, -0.25) is 10.0 Å². The zero-order valence-corrected chi connectivity index (χ0v) is 16.7. The van der Waals surface area contributed by atoms with Crippen molar-refractivity contribution in [3.8, 4) is 5.75 Å². The molecular formula is C17H24ClN3O6S. The number of β-amino-alcohol motifs (C(OH)–C–C–N with tert-alkyl or cyclic N) is 1. The number of rotatable bonds is 5. The van der Waals surface area contributed by atoms with Crippen molar-refractivity contribution in [1.29, 1.82) is 0 Å². The monoisotopic (exact) mass is 433 g/mol. The van der Waals surface area contributed by atoms with Gasteiger partial charge in [0.25, 0.3) is 5.91 Å². The Balaban J connectivity index is 1.68. The van der Waals surface area contributed by atoms with E-state index in [1.165, 1.54) is 9.79 Å². The van der Waals surface area contributed by atoms with Crippen LogP contribution in [0.25, 0.3) is 0 Å². The molecule has 2 heterocycles. The van der Waals surface area contributed by atoms with Crippen LogP contribution in [0.5, 0.6) is 5.75 Å². The van der Waals surface area contributed by atoms with Crippen LogP contribution >= 0.6 is 11.6 Å². The Hall–Kier alpha value is -1.43. The van der Waals surface area contributed by atoms with Crippen molar-refractivity contribution in [2.24, 2.45) is 0 Å². The summed E-state index contributed by atoms with van der Waals surface area (Å²) in [5.41, 5.74) is -0.864. The van der Waals surface area contributed by atoms with Gasteiger partial charge in [-0.25, -0.2) is 18.2 Å². The van der Waals surface area contributed by atoms with Crippen LogP contribution in [0, 0.1) is 0 Å². The van der Waals surface area contributed by atoms with Gasteiger partial charge >= 0.3 is 0 Å². The minimum absolute atomic E-state index is 0.0578. The number of piperidine rings is 2. The number of benzene rings is 1. The average molecular weight is 434 g/mol. The molecular weight excluding hydrogens is 410 g/mol. The Morgan fingerprint density at radius 1 is 1.29 bits per heavy atom. The normalized spacial score (nSPS) is 27.3. The Labute approximate surface area is 168 Å². The fourth-order valence-electron chi connectivity index (χ4n) is 3.69. The number of carbonyl (C=O) groups is 1. The van der Waals surface area contributed by atoms with E-state index in [0.717, 1.165) is 0 Å². The first-order valence-corrected chi connectivity index (χ1v) is 10.9. The van der Waals surface area contributed by atoms with Crippen molar-refractivity contribution in [3.63, 3.8) is 0 Å². The molecule has 11 heteroatoms. The third-order valence-electron chi connectivity index (χ3n) is 5.26. The van der Waals surface area contributed by atoms with Crippen LogP contribution in [-0.4, -0.2) is 72.1 Å². The summed E-state index contributed by atoms with van der Waals surface area (Å²) in [7, 11) is -3.96. The number of para-hydroxylation sites is 1. The number of aliphatic hydroxyl groups is 1. The fraction of sp³-hybridized carbons (Fsp3) is 0.588. The number of sulfonamides is 1. The summed E-state index contributed by atoms with van der Waals surface area (Å²) in [5, 5.41) is 21.5. The van der Waals surface area contributed by atoms with Crippen LogP contribution in [0.4, 0.5) is 0 Å². The van der Waals surface area contributed by atoms with E-state index in [4.69, 9.17) is 21.5 Å². The maximum Gasteiger partial charge on any atom is 0.278 e. The third-order valence-corrected chi connectivity index (χ3v) is 8.00. The lowest BCUT2D eigenvalue weighted by Crippen LogP contribution is -2.67. The van der Waals surface area contributed by atoms with Crippen molar-refractivity contribution in [3.05, 3.63) is 29.3 Å². The van der Waals surface area contributed by atoms with Crippen molar-refractivity contribution >= 4 is 27.5 Å². The number of hydrogen-bond donors (Lipinski definition) is 4. The second-order valence-corrected chi connectivity index (χ2v) is 9.53. The fourth-order valence-corrected chi connectivity index (χ4v) is 6.05. The number of halogens is 1. The van der Waals surface area contributed by atoms with Gasteiger partial charge in [0.15, 0.2) is 5.60 Å². The number of ether oxygens (including phenoxy) is 1. The lowest BCUT2D eigenvalue weighted by Gasteiger charge is -2.41. The third kappa shape index (κ3) is 4.12. The van der Waals surface area contributed by atoms with Gasteiger partial charge in [-0.1, -0.05) is 23.7 Å². The topological polar surface area (TPSA) is 128 Å². The molecule has 28 heavy (non-hydrogen) atoms. The summed E-state index contributed by atoms with van der Waals surface area (Å²) >= 11 is 6.10. The van der Waals surface area contributed by atoms with Crippen LogP contribution in [0.1, 0.15) is 19.3 Å². The highest BCUT2D eigenvalue weighted by Gasteiger charge is 2.54. The summed E-state index contributed by atoms with van der Waals surface area (Å²) in [5.74, 6) is -0.581. The zero-order chi connectivity index (χ0) is 20.4. The Morgan fingerprint density at radius 2 is 1.96 bits per heavy atom. The van der Waals surface area contributed by atoms with Gasteiger partial charge in [0.05, 0.1) is 5.02 Å². The van der Waals surface area contributed by atoms with E-state index in [1.807, 2.05) is 6.07 Å². The van der Waals surface area contributed by atoms with Crippen LogP contribution in [0.3, 0.4) is 0 Å². The molecule has 156 valence electrons. The molecule has 2 aliphatic heterocycles. The average Bonchev–Trinajstić information content (AvgIpc) is 2.69. The highest BCUT2D eigenvalue weighted by atomic mass is 35.5. The quantitative estimate of drug-likeness (QED) is 0.383. The summed E-state index contributed by atoms with van der Waals surface area (Å²) in [4.78, 5) is 11.9. The van der Waals surface area contributed by atoms with E-state index in [9.17, 15) is 18.3 Å². The molecule has 2 aliphatic rings. The number of amides is 1. The molecule has 0 spiro atoms. The van der Waals surface area contributed by atoms with Crippen molar-refractivity contribution < 1.29 is 28.3 Å². The first-order valence-electron chi connectivity index (χ1n) is 9.07. The minimum Gasteiger partial charge on any atom is -0.489 e. The molecule has 2 atom stereocenters. The summed E-state index contributed by atoms with van der Waals surface area (Å²) in [6, 6.07) is 7.09. The van der Waals surface area contributed by atoms with Crippen LogP contribution < -0.4 is 15.5 Å². The number of carbonyl (C=O) groups excluding carboxylic acids is 1. The van der Waals surface area contributed by atoms with Crippen molar-refractivity contribution in [2.75, 3.05) is 26.2 Å². The van der Waals surface area contributed by atoms with Gasteiger partial charge in [0, 0.05) is 19.6 Å². The van der Waals surface area contributed by atoms with Crippen LogP contribution in [0.15, 0.2) is 24.3 Å². The van der Waals surface area contributed by atoms with Gasteiger partial charge in [-0.2, -0.15) is 0 Å². The van der Waals surface area contributed by atoms with Crippen LogP contribution in [0.2, 0.25) is 5.02 Å². The maximum atomic E-state index is 13.1. The van der Waals surface area contributed by atoms with Crippen molar-refractivity contribution in [1.82, 2.24) is 15.1 Å². The van der Waals surface area contributed by atoms with E-state index in [2.05, 4.69) is 5.32 Å². The summed E-state index contributed by atoms with van der Waals surface area (Å²) in [6.45, 7) is 0.503. The molecule has 1 aromatic carbocycles. The maximum absolute atomic E-state index is 13.1. The van der Waals surface area contributed by atoms with E-state index in [-0.39, 0.29) is 32.2 Å². The molecule has 2 fully saturated rings. The first-order chi connectivity index (χ1) is 13.3. The highest BCUT2D eigenvalue weighted by molar-refractivity contribution is 7.89. The van der Waals surface area contributed by atoms with E-state index < -0.39 is 26.8 Å². The molecule has 2 saturated heterocycles. The van der Waals surface area contributed by atoms with Gasteiger partial charge in [-0.05, 0) is 37.9 Å². The van der Waals surface area contributed by atoms with E-state index >= 15 is 0 Å². The molecule has 0 aromatic heterocycles. The predicted octanol–water partition coefficient (Wildman–Crippen LogP) is 0.111. The minimum atomic E-state index is -3.96. The lowest BCUT2D eigenvalue weighted by molar-refractivity contribution is -0.150. The smallest absolute Gasteiger partial charge is 0.278 e. The second-order valence-electron chi connectivity index (χ2n) is 7.01. The predicted molar refractivity (Wildman–Crippen MR) is 102 cm³/mol. The zero-order valence-electron chi connectivity index (χ0n) is 15.2. The molecule has 4 N–H and O–H groups in total. The number of nitrogens with one attached hydrogen (secondary N) is 2. The molecule has 9 nitrogen and oxygen atoms in total. The molecule has 0 bridgehead atoms. The van der Waals surface area contributed by atoms with E-state index in [1.54, 1.807) is 18.2 Å². The number of hydroxylamine groups is 1. The molecule has 3 rings (SSSR count). The molecule has 0 radical (unpaired) electrons. The summed E-state index contributed by atoms with van der Waals surface area (Å²) < 4.78 is 33.4. The van der Waals surface area contributed by atoms with Crippen LogP contribution in [-0.2, 0) is 14.8 Å². The molecule has 0 aliphatic carbocycles. The lowest BCUT2D eigenvalue weighted by atomic mass is 9.93. The largest absolute Gasteiger partial charge is 0.489 e. The number of nitrogens with zero attached hydrogens (tertiary/aromatic N) is 1. The van der Waals surface area contributed by atoms with E-state index in [0.29, 0.717) is 30.2 Å². The SMILES string of the molecule is O=C(NO)C1(O)CNCCC1S(=O)(=O)N1CCC(Oc2ccccc2Cl)CC1. The summed E-state index contributed by atoms with van der Waals surface area (Å²) in [6.07, 6.45) is 0.793.